The van der Waals surface area contributed by atoms with Gasteiger partial charge in [0, 0.05) is 51.5 Å². The molecule has 0 atom stereocenters. The van der Waals surface area contributed by atoms with Crippen LogP contribution in [0.3, 0.4) is 0 Å². The lowest BCUT2D eigenvalue weighted by Crippen LogP contribution is -2.48. The van der Waals surface area contributed by atoms with E-state index in [1.807, 2.05) is 6.92 Å². The molecule has 2 aromatic carbocycles. The molecule has 0 amide bonds. The van der Waals surface area contributed by atoms with Gasteiger partial charge in [0.05, 0.1) is 10.4 Å². The van der Waals surface area contributed by atoms with E-state index in [4.69, 9.17) is 0 Å². The van der Waals surface area contributed by atoms with Crippen LogP contribution >= 0.6 is 0 Å². The molecule has 4 aromatic rings. The lowest BCUT2D eigenvalue weighted by Gasteiger charge is -2.34. The third-order valence-corrected chi connectivity index (χ3v) is 9.01. The second-order valence-corrected chi connectivity index (χ2v) is 11.3. The second kappa shape index (κ2) is 10.3. The van der Waals surface area contributed by atoms with Crippen molar-refractivity contribution in [2.75, 3.05) is 26.2 Å². The third-order valence-electron chi connectivity index (χ3n) is 7.09. The quantitative estimate of drug-likeness (QED) is 0.389. The zero-order valence-electron chi connectivity index (χ0n) is 21.4. The first-order valence-electron chi connectivity index (χ1n) is 12.7. The fraction of sp³-hybridized carbons (Fsp3) is 0.333. The van der Waals surface area contributed by atoms with Crippen LogP contribution in [-0.4, -0.2) is 57.9 Å². The Morgan fingerprint density at radius 1 is 0.868 bits per heavy atom. The Hall–Kier alpha value is -3.54. The van der Waals surface area contributed by atoms with Crippen molar-refractivity contribution in [3.8, 4) is 11.3 Å². The number of nitrogens with zero attached hydrogens (tertiary/aromatic N) is 4. The van der Waals surface area contributed by atoms with Gasteiger partial charge in [0.1, 0.15) is 11.3 Å². The number of aromatic amines is 1. The van der Waals surface area contributed by atoms with E-state index in [1.54, 1.807) is 54.0 Å². The highest BCUT2D eigenvalue weighted by Crippen LogP contribution is 2.25. The van der Waals surface area contributed by atoms with E-state index in [-0.39, 0.29) is 28.5 Å². The number of halogens is 1. The molecule has 9 nitrogen and oxygen atoms in total. The van der Waals surface area contributed by atoms with Crippen LogP contribution < -0.4 is 11.2 Å². The number of nitrogens with one attached hydrogen (secondary N) is 1. The third kappa shape index (κ3) is 4.72. The lowest BCUT2D eigenvalue weighted by atomic mass is 10.1. The van der Waals surface area contributed by atoms with Crippen LogP contribution in [0, 0.1) is 5.82 Å². The molecule has 11 heteroatoms. The molecule has 2 aromatic heterocycles. The molecule has 0 spiro atoms. The molecule has 200 valence electrons. The van der Waals surface area contributed by atoms with E-state index in [9.17, 15) is 22.4 Å². The summed E-state index contributed by atoms with van der Waals surface area (Å²) in [6.07, 6.45) is 0. The first-order valence-corrected chi connectivity index (χ1v) is 14.1. The number of fused-ring (bicyclic) bond motifs is 1. The van der Waals surface area contributed by atoms with Crippen molar-refractivity contribution in [1.29, 1.82) is 0 Å². The highest BCUT2D eigenvalue weighted by molar-refractivity contribution is 7.89. The molecule has 1 N–H and O–H groups in total. The summed E-state index contributed by atoms with van der Waals surface area (Å²) in [6.45, 7) is 6.83. The fourth-order valence-corrected chi connectivity index (χ4v) is 6.38. The van der Waals surface area contributed by atoms with Gasteiger partial charge in [0.2, 0.25) is 10.0 Å². The molecule has 0 aliphatic carbocycles. The molecule has 1 fully saturated rings. The maximum Gasteiger partial charge on any atom is 0.331 e. The fourth-order valence-electron chi connectivity index (χ4n) is 4.96. The van der Waals surface area contributed by atoms with Gasteiger partial charge in [-0.15, -0.1) is 0 Å². The van der Waals surface area contributed by atoms with E-state index in [2.05, 4.69) is 9.88 Å². The molecule has 1 aliphatic rings. The first-order chi connectivity index (χ1) is 18.2. The summed E-state index contributed by atoms with van der Waals surface area (Å²) in [5.41, 5.74) is 2.47. The van der Waals surface area contributed by atoms with Crippen LogP contribution in [0.2, 0.25) is 0 Å². The SMILES string of the molecule is CCn1c(=O)c2[nH]c(-c3ccc(S(=O)(=O)N4CCN(Cc5ccc(F)cc5)CC4)cc3)cc2n(CC)c1=O. The van der Waals surface area contributed by atoms with Crippen LogP contribution in [0.1, 0.15) is 19.4 Å². The Kier molecular flexibility index (Phi) is 7.08. The van der Waals surface area contributed by atoms with Crippen molar-refractivity contribution >= 4 is 21.1 Å². The molecular formula is C27H30FN5O4S. The molecular weight excluding hydrogens is 509 g/mol. The minimum absolute atomic E-state index is 0.197. The first kappa shape index (κ1) is 26.1. The number of aryl methyl sites for hydroxylation is 1. The predicted octanol–water partition coefficient (Wildman–Crippen LogP) is 2.84. The summed E-state index contributed by atoms with van der Waals surface area (Å²) in [4.78, 5) is 31.0. The zero-order valence-corrected chi connectivity index (χ0v) is 22.2. The number of rotatable bonds is 7. The predicted molar refractivity (Wildman–Crippen MR) is 144 cm³/mol. The second-order valence-electron chi connectivity index (χ2n) is 9.35. The van der Waals surface area contributed by atoms with Crippen LogP contribution in [0.4, 0.5) is 4.39 Å². The Bertz CT molecular complexity index is 1680. The van der Waals surface area contributed by atoms with Crippen LogP contribution in [0.25, 0.3) is 22.3 Å². The van der Waals surface area contributed by atoms with Crippen molar-refractivity contribution in [1.82, 2.24) is 23.3 Å². The van der Waals surface area contributed by atoms with Gasteiger partial charge in [-0.05, 0) is 55.3 Å². The number of hydrogen-bond donors (Lipinski definition) is 1. The van der Waals surface area contributed by atoms with Crippen LogP contribution in [-0.2, 0) is 29.7 Å². The highest BCUT2D eigenvalue weighted by Gasteiger charge is 2.28. The summed E-state index contributed by atoms with van der Waals surface area (Å²) >= 11 is 0. The molecule has 38 heavy (non-hydrogen) atoms. The van der Waals surface area contributed by atoms with E-state index < -0.39 is 10.0 Å². The molecule has 5 rings (SSSR count). The summed E-state index contributed by atoms with van der Waals surface area (Å²) in [5, 5.41) is 0. The van der Waals surface area contributed by atoms with Gasteiger partial charge in [-0.3, -0.25) is 18.8 Å². The van der Waals surface area contributed by atoms with E-state index >= 15 is 0 Å². The molecule has 0 bridgehead atoms. The van der Waals surface area contributed by atoms with Gasteiger partial charge in [-0.2, -0.15) is 4.31 Å². The Balaban J connectivity index is 1.33. The van der Waals surface area contributed by atoms with Crippen LogP contribution in [0.5, 0.6) is 0 Å². The van der Waals surface area contributed by atoms with Gasteiger partial charge in [-0.25, -0.2) is 17.6 Å². The molecule has 0 radical (unpaired) electrons. The van der Waals surface area contributed by atoms with Crippen LogP contribution in [0.15, 0.2) is 69.1 Å². The van der Waals surface area contributed by atoms with Gasteiger partial charge in [-0.1, -0.05) is 24.3 Å². The molecule has 0 unspecified atom stereocenters. The molecule has 1 saturated heterocycles. The minimum atomic E-state index is -3.67. The molecule has 0 saturated carbocycles. The minimum Gasteiger partial charge on any atom is -0.349 e. The maximum atomic E-state index is 13.3. The summed E-state index contributed by atoms with van der Waals surface area (Å²) in [5.74, 6) is -0.277. The number of sulfonamides is 1. The summed E-state index contributed by atoms with van der Waals surface area (Å²) in [6, 6.07) is 14.6. The van der Waals surface area contributed by atoms with Gasteiger partial charge < -0.3 is 4.98 Å². The maximum absolute atomic E-state index is 13.3. The number of H-pyrrole nitrogens is 1. The molecule has 3 heterocycles. The van der Waals surface area contributed by atoms with Crippen molar-refractivity contribution in [3.05, 3.63) is 86.8 Å². The monoisotopic (exact) mass is 539 g/mol. The number of benzene rings is 2. The topological polar surface area (TPSA) is 100 Å². The van der Waals surface area contributed by atoms with Crippen molar-refractivity contribution < 1.29 is 12.8 Å². The Morgan fingerprint density at radius 3 is 2.11 bits per heavy atom. The average molecular weight is 540 g/mol. The number of hydrogen-bond acceptors (Lipinski definition) is 5. The Labute approximate surface area is 219 Å². The zero-order chi connectivity index (χ0) is 27.0. The van der Waals surface area contributed by atoms with Crippen molar-refractivity contribution in [2.45, 2.75) is 38.4 Å². The van der Waals surface area contributed by atoms with Gasteiger partial charge in [0.15, 0.2) is 0 Å². The van der Waals surface area contributed by atoms with Gasteiger partial charge in [0.25, 0.3) is 5.56 Å². The summed E-state index contributed by atoms with van der Waals surface area (Å²) in [7, 11) is -3.67. The van der Waals surface area contributed by atoms with E-state index in [1.165, 1.54) is 21.0 Å². The number of piperazine rings is 1. The highest BCUT2D eigenvalue weighted by atomic mass is 32.2. The normalized spacial score (nSPS) is 15.3. The number of aromatic nitrogens is 3. The standard InChI is InChI=1S/C27H30FN5O4S/c1-3-32-24-17-23(29-25(24)26(34)33(4-2)27(32)35)20-7-11-22(12-8-20)38(36,37)31-15-13-30(14-16-31)18-19-5-9-21(28)10-6-19/h5-12,17,29H,3-4,13-16,18H2,1-2H3. The van der Waals surface area contributed by atoms with E-state index in [0.29, 0.717) is 61.6 Å². The van der Waals surface area contributed by atoms with Crippen molar-refractivity contribution in [3.63, 3.8) is 0 Å². The summed E-state index contributed by atoms with van der Waals surface area (Å²) < 4.78 is 44.0. The van der Waals surface area contributed by atoms with E-state index in [0.717, 1.165) is 5.56 Å². The smallest absolute Gasteiger partial charge is 0.331 e. The van der Waals surface area contributed by atoms with Crippen molar-refractivity contribution in [2.24, 2.45) is 0 Å². The lowest BCUT2D eigenvalue weighted by molar-refractivity contribution is 0.181. The largest absolute Gasteiger partial charge is 0.349 e. The molecule has 1 aliphatic heterocycles. The average Bonchev–Trinajstić information content (AvgIpc) is 3.37. The van der Waals surface area contributed by atoms with Gasteiger partial charge >= 0.3 is 5.69 Å². The Morgan fingerprint density at radius 2 is 1.50 bits per heavy atom.